The van der Waals surface area contributed by atoms with Gasteiger partial charge in [-0.25, -0.2) is 9.50 Å². The van der Waals surface area contributed by atoms with E-state index in [1.807, 2.05) is 42.5 Å². The van der Waals surface area contributed by atoms with Gasteiger partial charge < -0.3 is 14.9 Å². The Balaban J connectivity index is 1.50. The predicted molar refractivity (Wildman–Crippen MR) is 99.0 cm³/mol. The van der Waals surface area contributed by atoms with E-state index in [1.165, 1.54) is 12.8 Å². The summed E-state index contributed by atoms with van der Waals surface area (Å²) in [5.41, 5.74) is 8.26. The first-order chi connectivity index (χ1) is 12.8. The number of imidazole rings is 1. The minimum Gasteiger partial charge on any atom is -0.472 e. The van der Waals surface area contributed by atoms with E-state index < -0.39 is 0 Å². The molecule has 1 fully saturated rings. The van der Waals surface area contributed by atoms with Gasteiger partial charge >= 0.3 is 0 Å². The number of furan rings is 1. The van der Waals surface area contributed by atoms with Gasteiger partial charge in [0.05, 0.1) is 6.20 Å². The lowest BCUT2D eigenvalue weighted by atomic mass is 10.2. The van der Waals surface area contributed by atoms with Crippen molar-refractivity contribution in [1.82, 2.24) is 14.6 Å². The van der Waals surface area contributed by atoms with Crippen LogP contribution in [0.2, 0.25) is 0 Å². The topological polar surface area (TPSA) is 78.6 Å². The zero-order chi connectivity index (χ0) is 17.5. The summed E-state index contributed by atoms with van der Waals surface area (Å²) in [6.45, 7) is 0.497. The van der Waals surface area contributed by atoms with Crippen molar-refractivity contribution >= 4 is 16.6 Å². The highest BCUT2D eigenvalue weighted by atomic mass is 16.5. The van der Waals surface area contributed by atoms with Crippen molar-refractivity contribution in [2.45, 2.75) is 25.4 Å². The summed E-state index contributed by atoms with van der Waals surface area (Å²) < 4.78 is 13.7. The zero-order valence-corrected chi connectivity index (χ0v) is 14.3. The van der Waals surface area contributed by atoms with Crippen LogP contribution < -0.4 is 10.5 Å². The molecule has 4 aromatic rings. The van der Waals surface area contributed by atoms with E-state index in [1.54, 1.807) is 10.7 Å². The molecule has 6 nitrogen and oxygen atoms in total. The van der Waals surface area contributed by atoms with Gasteiger partial charge in [-0.15, -0.1) is 5.10 Å². The Morgan fingerprint density at radius 2 is 2.12 bits per heavy atom. The number of nitrogens with zero attached hydrogens (tertiary/aromatic N) is 3. The Morgan fingerprint density at radius 3 is 2.92 bits per heavy atom. The molecule has 1 atom stereocenters. The molecule has 1 aromatic carbocycles. The van der Waals surface area contributed by atoms with E-state index in [-0.39, 0.29) is 6.10 Å². The van der Waals surface area contributed by atoms with Gasteiger partial charge in [0.15, 0.2) is 11.4 Å². The number of ether oxygens (including phenoxy) is 1. The van der Waals surface area contributed by atoms with Crippen molar-refractivity contribution in [2.75, 3.05) is 6.54 Å². The molecule has 0 bridgehead atoms. The number of rotatable bonds is 6. The van der Waals surface area contributed by atoms with Crippen LogP contribution in [-0.4, -0.2) is 27.2 Å². The molecule has 0 spiro atoms. The maximum atomic E-state index is 6.03. The van der Waals surface area contributed by atoms with Crippen LogP contribution in [0.25, 0.3) is 28.1 Å². The molecule has 6 heteroatoms. The Morgan fingerprint density at radius 1 is 1.23 bits per heavy atom. The molecule has 2 N–H and O–H groups in total. The van der Waals surface area contributed by atoms with E-state index in [0.717, 1.165) is 40.4 Å². The molecule has 0 aliphatic heterocycles. The van der Waals surface area contributed by atoms with Gasteiger partial charge in [0, 0.05) is 18.0 Å². The number of hydrogen-bond donors (Lipinski definition) is 1. The van der Waals surface area contributed by atoms with Crippen LogP contribution in [0.1, 0.15) is 19.3 Å². The van der Waals surface area contributed by atoms with Crippen LogP contribution in [0.5, 0.6) is 5.88 Å². The summed E-state index contributed by atoms with van der Waals surface area (Å²) in [6, 6.07) is 13.7. The van der Waals surface area contributed by atoms with E-state index in [9.17, 15) is 0 Å². The zero-order valence-electron chi connectivity index (χ0n) is 14.3. The molecule has 1 saturated carbocycles. The average Bonchev–Trinajstić information content (AvgIpc) is 3.22. The van der Waals surface area contributed by atoms with Gasteiger partial charge in [-0.2, -0.15) is 0 Å². The summed E-state index contributed by atoms with van der Waals surface area (Å²) in [5, 5.41) is 5.67. The second-order valence-corrected chi connectivity index (χ2v) is 6.89. The average molecular weight is 348 g/mol. The fraction of sp³-hybridized carbons (Fsp3) is 0.300. The van der Waals surface area contributed by atoms with E-state index in [4.69, 9.17) is 14.9 Å². The number of hydrogen-bond acceptors (Lipinski definition) is 5. The lowest BCUT2D eigenvalue weighted by Gasteiger charge is -2.16. The second-order valence-electron chi connectivity index (χ2n) is 6.89. The van der Waals surface area contributed by atoms with Gasteiger partial charge in [-0.3, -0.25) is 0 Å². The molecule has 0 saturated heterocycles. The third-order valence-electron chi connectivity index (χ3n) is 4.86. The molecule has 1 aliphatic rings. The Kier molecular flexibility index (Phi) is 3.64. The third-order valence-corrected chi connectivity index (χ3v) is 4.86. The number of nitrogens with two attached hydrogens (primary N) is 1. The van der Waals surface area contributed by atoms with Crippen LogP contribution in [0, 0.1) is 5.92 Å². The highest BCUT2D eigenvalue weighted by Crippen LogP contribution is 2.34. The van der Waals surface area contributed by atoms with Crippen molar-refractivity contribution in [3.05, 3.63) is 48.7 Å². The van der Waals surface area contributed by atoms with Crippen molar-refractivity contribution in [1.29, 1.82) is 0 Å². The van der Waals surface area contributed by atoms with Crippen molar-refractivity contribution < 1.29 is 9.15 Å². The Bertz CT molecular complexity index is 1030. The summed E-state index contributed by atoms with van der Waals surface area (Å²) in [5.74, 6) is 2.05. The van der Waals surface area contributed by atoms with Gasteiger partial charge in [0.1, 0.15) is 17.4 Å². The molecule has 3 heterocycles. The summed E-state index contributed by atoms with van der Waals surface area (Å²) in [7, 11) is 0. The number of aromatic nitrogens is 3. The monoisotopic (exact) mass is 348 g/mol. The lowest BCUT2D eigenvalue weighted by Crippen LogP contribution is -2.27. The highest BCUT2D eigenvalue weighted by Gasteiger charge is 2.26. The largest absolute Gasteiger partial charge is 0.472 e. The molecule has 0 amide bonds. The molecular formula is C20H20N4O2. The van der Waals surface area contributed by atoms with Crippen LogP contribution in [0.3, 0.4) is 0 Å². The number of para-hydroxylation sites is 1. The summed E-state index contributed by atoms with van der Waals surface area (Å²) in [4.78, 5) is 4.42. The molecule has 3 aromatic heterocycles. The van der Waals surface area contributed by atoms with Gasteiger partial charge in [0.2, 0.25) is 5.88 Å². The van der Waals surface area contributed by atoms with Crippen LogP contribution >= 0.6 is 0 Å². The minimum absolute atomic E-state index is 0.00521. The molecule has 5 rings (SSSR count). The van der Waals surface area contributed by atoms with Crippen molar-refractivity contribution in [3.8, 4) is 17.3 Å². The second kappa shape index (κ2) is 6.14. The Hall–Kier alpha value is -2.86. The van der Waals surface area contributed by atoms with E-state index >= 15 is 0 Å². The Labute approximate surface area is 150 Å². The third kappa shape index (κ3) is 2.82. The molecule has 132 valence electrons. The minimum atomic E-state index is 0.00521. The van der Waals surface area contributed by atoms with Gasteiger partial charge in [0.25, 0.3) is 0 Å². The molecule has 1 unspecified atom stereocenters. The molecular weight excluding hydrogens is 328 g/mol. The lowest BCUT2D eigenvalue weighted by molar-refractivity contribution is 0.181. The smallest absolute Gasteiger partial charge is 0.232 e. The van der Waals surface area contributed by atoms with Gasteiger partial charge in [-0.1, -0.05) is 31.0 Å². The van der Waals surface area contributed by atoms with Crippen molar-refractivity contribution in [2.24, 2.45) is 11.7 Å². The van der Waals surface area contributed by atoms with E-state index in [2.05, 4.69) is 10.1 Å². The standard InChI is InChI=1S/C20H20N4O2/c21-11-15(9-13-5-6-13)25-20-8-7-19-22-12-16(24(19)23-20)18-10-14-3-1-2-4-17(14)26-18/h1-4,7-8,10,12-13,15H,5-6,9,11,21H2. The first-order valence-corrected chi connectivity index (χ1v) is 9.00. The molecule has 1 aliphatic carbocycles. The maximum absolute atomic E-state index is 6.03. The molecule has 0 radical (unpaired) electrons. The fourth-order valence-corrected chi connectivity index (χ4v) is 3.28. The molecule has 26 heavy (non-hydrogen) atoms. The predicted octanol–water partition coefficient (Wildman–Crippen LogP) is 3.65. The van der Waals surface area contributed by atoms with Crippen LogP contribution in [0.4, 0.5) is 0 Å². The van der Waals surface area contributed by atoms with Crippen LogP contribution in [0.15, 0.2) is 53.1 Å². The first kappa shape index (κ1) is 15.4. The van der Waals surface area contributed by atoms with Crippen LogP contribution in [-0.2, 0) is 0 Å². The highest BCUT2D eigenvalue weighted by molar-refractivity contribution is 5.82. The summed E-state index contributed by atoms with van der Waals surface area (Å²) in [6.07, 6.45) is 5.34. The van der Waals surface area contributed by atoms with Gasteiger partial charge in [-0.05, 0) is 30.5 Å². The fourth-order valence-electron chi connectivity index (χ4n) is 3.28. The number of benzene rings is 1. The quantitative estimate of drug-likeness (QED) is 0.575. The maximum Gasteiger partial charge on any atom is 0.232 e. The SMILES string of the molecule is NCC(CC1CC1)Oc1ccc2ncc(-c3cc4ccccc4o3)n2n1. The normalized spacial score (nSPS) is 15.6. The first-order valence-electron chi connectivity index (χ1n) is 9.00. The van der Waals surface area contributed by atoms with E-state index in [0.29, 0.717) is 12.4 Å². The van der Waals surface area contributed by atoms with Crippen molar-refractivity contribution in [3.63, 3.8) is 0 Å². The number of fused-ring (bicyclic) bond motifs is 2. The summed E-state index contributed by atoms with van der Waals surface area (Å²) >= 11 is 0.